The smallest absolute Gasteiger partial charge is 0.320 e. The number of benzene rings is 1. The van der Waals surface area contributed by atoms with E-state index in [2.05, 4.69) is 26.8 Å². The van der Waals surface area contributed by atoms with E-state index in [1.54, 1.807) is 31.5 Å². The lowest BCUT2D eigenvalue weighted by atomic mass is 10.1. The molecule has 1 N–H and O–H groups in total. The molecule has 35 heavy (non-hydrogen) atoms. The second-order valence-corrected chi connectivity index (χ2v) is 9.33. The molecule has 3 heterocycles. The maximum Gasteiger partial charge on any atom is 0.320 e. The van der Waals surface area contributed by atoms with Crippen LogP contribution in [-0.2, 0) is 0 Å². The fourth-order valence-corrected chi connectivity index (χ4v) is 4.75. The van der Waals surface area contributed by atoms with E-state index in [0.717, 1.165) is 24.1 Å². The molecule has 1 saturated heterocycles. The van der Waals surface area contributed by atoms with E-state index in [-0.39, 0.29) is 12.1 Å². The highest BCUT2D eigenvalue weighted by Crippen LogP contribution is 2.37. The van der Waals surface area contributed by atoms with Crippen molar-refractivity contribution in [3.05, 3.63) is 42.2 Å². The highest BCUT2D eigenvalue weighted by molar-refractivity contribution is 8.00. The zero-order valence-electron chi connectivity index (χ0n) is 20.7. The number of ether oxygens (including phenoxy) is 2. The number of hydrogen-bond donors (Lipinski definition) is 1. The standard InChI is InChI=1S/C24H31N7O3S/c1-16-13-18(15-25-14-16)22-26-27-23(31(22)21-19(33-4)7-6-8-20(21)34-5)28-35-12-11-30-17(2)9-10-29(3)24(30)32/h6-8,13-15,17H,9-12H2,1-5H3,(H,27,28). The van der Waals surface area contributed by atoms with Crippen LogP contribution in [0, 0.1) is 6.92 Å². The lowest BCUT2D eigenvalue weighted by Gasteiger charge is -2.38. The van der Waals surface area contributed by atoms with Gasteiger partial charge in [-0.25, -0.2) is 4.79 Å². The van der Waals surface area contributed by atoms with Crippen LogP contribution in [0.3, 0.4) is 0 Å². The lowest BCUT2D eigenvalue weighted by molar-refractivity contribution is 0.119. The highest BCUT2D eigenvalue weighted by atomic mass is 32.2. The molecule has 10 nitrogen and oxygen atoms in total. The van der Waals surface area contributed by atoms with Crippen molar-refractivity contribution in [2.75, 3.05) is 44.8 Å². The molecule has 1 aliphatic rings. The van der Waals surface area contributed by atoms with Gasteiger partial charge in [0, 0.05) is 49.9 Å². The lowest BCUT2D eigenvalue weighted by Crippen LogP contribution is -2.52. The Labute approximate surface area is 209 Å². The third-order valence-electron chi connectivity index (χ3n) is 6.01. The van der Waals surface area contributed by atoms with Crippen molar-refractivity contribution in [1.29, 1.82) is 0 Å². The molecular weight excluding hydrogens is 466 g/mol. The maximum atomic E-state index is 12.5. The summed E-state index contributed by atoms with van der Waals surface area (Å²) in [5.74, 6) is 3.05. The summed E-state index contributed by atoms with van der Waals surface area (Å²) < 4.78 is 16.5. The molecule has 0 bridgehead atoms. The first-order valence-electron chi connectivity index (χ1n) is 11.4. The number of nitrogens with one attached hydrogen (secondary N) is 1. The average molecular weight is 498 g/mol. The van der Waals surface area contributed by atoms with Crippen molar-refractivity contribution >= 4 is 23.9 Å². The first-order valence-corrected chi connectivity index (χ1v) is 12.4. The monoisotopic (exact) mass is 497 g/mol. The van der Waals surface area contributed by atoms with Crippen molar-refractivity contribution in [3.63, 3.8) is 0 Å². The molecule has 0 saturated carbocycles. The number of rotatable bonds is 9. The number of aryl methyl sites for hydroxylation is 1. The zero-order chi connectivity index (χ0) is 24.9. The Balaban J connectivity index is 1.63. The number of methoxy groups -OCH3 is 2. The number of nitrogens with zero attached hydrogens (tertiary/aromatic N) is 6. The molecule has 1 unspecified atom stereocenters. The van der Waals surface area contributed by atoms with Gasteiger partial charge in [0.2, 0.25) is 5.95 Å². The molecule has 1 aromatic carbocycles. The quantitative estimate of drug-likeness (QED) is 0.352. The molecular formula is C24H31N7O3S. The molecule has 4 rings (SSSR count). The van der Waals surface area contributed by atoms with E-state index in [9.17, 15) is 4.79 Å². The first-order chi connectivity index (χ1) is 16.9. The number of carbonyl (C=O) groups is 1. The summed E-state index contributed by atoms with van der Waals surface area (Å²) in [6.07, 6.45) is 4.52. The molecule has 3 aromatic rings. The Morgan fingerprint density at radius 2 is 1.91 bits per heavy atom. The number of pyridine rings is 1. The Morgan fingerprint density at radius 3 is 2.60 bits per heavy atom. The Kier molecular flexibility index (Phi) is 7.64. The summed E-state index contributed by atoms with van der Waals surface area (Å²) in [4.78, 5) is 20.5. The molecule has 2 amide bonds. The van der Waals surface area contributed by atoms with Gasteiger partial charge in [0.25, 0.3) is 0 Å². The minimum absolute atomic E-state index is 0.0699. The first kappa shape index (κ1) is 24.6. The molecule has 1 aliphatic heterocycles. The summed E-state index contributed by atoms with van der Waals surface area (Å²) in [6, 6.07) is 7.91. The van der Waals surface area contributed by atoms with E-state index >= 15 is 0 Å². The van der Waals surface area contributed by atoms with E-state index in [1.165, 1.54) is 11.9 Å². The predicted octanol–water partition coefficient (Wildman–Crippen LogP) is 3.86. The Morgan fingerprint density at radius 1 is 1.17 bits per heavy atom. The van der Waals surface area contributed by atoms with Crippen LogP contribution in [0.5, 0.6) is 11.5 Å². The topological polar surface area (TPSA) is 97.6 Å². The molecule has 0 radical (unpaired) electrons. The summed E-state index contributed by atoms with van der Waals surface area (Å²) in [6.45, 7) is 5.50. The minimum Gasteiger partial charge on any atom is -0.494 e. The van der Waals surface area contributed by atoms with E-state index in [0.29, 0.717) is 41.3 Å². The van der Waals surface area contributed by atoms with Gasteiger partial charge in [0.1, 0.15) is 17.2 Å². The van der Waals surface area contributed by atoms with E-state index in [4.69, 9.17) is 9.47 Å². The van der Waals surface area contributed by atoms with Crippen molar-refractivity contribution in [2.45, 2.75) is 26.3 Å². The summed E-state index contributed by atoms with van der Waals surface area (Å²) in [5, 5.41) is 8.90. The van der Waals surface area contributed by atoms with Crippen LogP contribution in [0.1, 0.15) is 18.9 Å². The van der Waals surface area contributed by atoms with Crippen LogP contribution in [0.15, 0.2) is 36.7 Å². The molecule has 186 valence electrons. The number of amides is 2. The van der Waals surface area contributed by atoms with Crippen LogP contribution < -0.4 is 14.2 Å². The van der Waals surface area contributed by atoms with Crippen molar-refractivity contribution in [2.24, 2.45) is 0 Å². The van der Waals surface area contributed by atoms with Gasteiger partial charge >= 0.3 is 6.03 Å². The minimum atomic E-state index is 0.0699. The fourth-order valence-electron chi connectivity index (χ4n) is 4.09. The number of carbonyl (C=O) groups excluding carboxylic acids is 1. The molecule has 0 aliphatic carbocycles. The van der Waals surface area contributed by atoms with Gasteiger partial charge in [-0.1, -0.05) is 6.07 Å². The van der Waals surface area contributed by atoms with Crippen molar-refractivity contribution in [3.8, 4) is 28.6 Å². The fraction of sp³-hybridized carbons (Fsp3) is 0.417. The number of aromatic nitrogens is 4. The third-order valence-corrected chi connectivity index (χ3v) is 6.72. The van der Waals surface area contributed by atoms with Gasteiger partial charge in [-0.2, -0.15) is 0 Å². The van der Waals surface area contributed by atoms with Crippen LogP contribution in [-0.4, -0.2) is 81.7 Å². The summed E-state index contributed by atoms with van der Waals surface area (Å²) in [7, 11) is 5.08. The maximum absolute atomic E-state index is 12.5. The molecule has 0 spiro atoms. The van der Waals surface area contributed by atoms with Crippen LogP contribution >= 0.6 is 11.9 Å². The van der Waals surface area contributed by atoms with Gasteiger partial charge < -0.3 is 19.3 Å². The average Bonchev–Trinajstić information content (AvgIpc) is 3.28. The summed E-state index contributed by atoms with van der Waals surface area (Å²) in [5.41, 5.74) is 2.51. The number of hydrogen-bond acceptors (Lipinski definition) is 8. The van der Waals surface area contributed by atoms with Gasteiger partial charge in [-0.3, -0.25) is 14.3 Å². The largest absolute Gasteiger partial charge is 0.494 e. The molecule has 11 heteroatoms. The van der Waals surface area contributed by atoms with E-state index in [1.807, 2.05) is 47.7 Å². The van der Waals surface area contributed by atoms with Gasteiger partial charge in [-0.05, 0) is 56.0 Å². The second-order valence-electron chi connectivity index (χ2n) is 8.43. The van der Waals surface area contributed by atoms with Gasteiger partial charge in [0.05, 0.1) is 14.2 Å². The zero-order valence-corrected chi connectivity index (χ0v) is 21.5. The van der Waals surface area contributed by atoms with Gasteiger partial charge in [0.15, 0.2) is 5.82 Å². The van der Waals surface area contributed by atoms with Crippen LogP contribution in [0.25, 0.3) is 17.1 Å². The third kappa shape index (κ3) is 5.14. The molecule has 1 fully saturated rings. The van der Waals surface area contributed by atoms with Crippen LogP contribution in [0.2, 0.25) is 0 Å². The Bertz CT molecular complexity index is 1160. The highest BCUT2D eigenvalue weighted by Gasteiger charge is 2.28. The van der Waals surface area contributed by atoms with Crippen molar-refractivity contribution < 1.29 is 14.3 Å². The molecule has 1 atom stereocenters. The molecule has 2 aromatic heterocycles. The Hall–Kier alpha value is -3.47. The predicted molar refractivity (Wildman–Crippen MR) is 137 cm³/mol. The van der Waals surface area contributed by atoms with E-state index < -0.39 is 0 Å². The SMILES string of the molecule is COc1cccc(OC)c1-n1c(NSCCN2C(=O)N(C)CCC2C)nnc1-c1cncc(C)c1. The summed E-state index contributed by atoms with van der Waals surface area (Å²) >= 11 is 1.47. The normalized spacial score (nSPS) is 15.9. The van der Waals surface area contributed by atoms with Gasteiger partial charge in [-0.15, -0.1) is 10.2 Å². The van der Waals surface area contributed by atoms with Crippen LogP contribution in [0.4, 0.5) is 10.7 Å². The van der Waals surface area contributed by atoms with Crippen molar-refractivity contribution in [1.82, 2.24) is 29.5 Å². The second kappa shape index (κ2) is 10.9. The number of para-hydroxylation sites is 1. The number of anilines is 1. The number of urea groups is 1.